The Kier molecular flexibility index (Phi) is 4.43. The summed E-state index contributed by atoms with van der Waals surface area (Å²) in [5, 5.41) is 12.6. The summed E-state index contributed by atoms with van der Waals surface area (Å²) in [6.07, 6.45) is 2.69. The fourth-order valence-electron chi connectivity index (χ4n) is 1.82. The predicted molar refractivity (Wildman–Crippen MR) is 82.6 cm³/mol. The molecule has 0 aliphatic heterocycles. The molecule has 0 bridgehead atoms. The lowest BCUT2D eigenvalue weighted by molar-refractivity contribution is -0.131. The first-order valence-corrected chi connectivity index (χ1v) is 6.46. The molecular formula is C16H14ClNO2. The highest BCUT2D eigenvalue weighted by molar-refractivity contribution is 6.30. The van der Waals surface area contributed by atoms with Crippen molar-refractivity contribution in [3.05, 3.63) is 64.7 Å². The topological polar surface area (TPSA) is 49.3 Å². The molecule has 3 nitrogen and oxygen atoms in total. The Morgan fingerprint density at radius 3 is 2.75 bits per heavy atom. The molecule has 0 radical (unpaired) electrons. The van der Waals surface area contributed by atoms with Crippen molar-refractivity contribution in [3.8, 4) is 0 Å². The smallest absolute Gasteiger partial charge is 0.328 e. The molecule has 2 aromatic rings. The molecule has 102 valence electrons. The van der Waals surface area contributed by atoms with Gasteiger partial charge in [-0.05, 0) is 48.9 Å². The fourth-order valence-corrected chi connectivity index (χ4v) is 2.01. The van der Waals surface area contributed by atoms with Crippen molar-refractivity contribution in [2.75, 3.05) is 5.32 Å². The zero-order valence-electron chi connectivity index (χ0n) is 10.9. The summed E-state index contributed by atoms with van der Waals surface area (Å²) in [7, 11) is 0. The molecule has 4 heteroatoms. The summed E-state index contributed by atoms with van der Waals surface area (Å²) in [6.45, 7) is 1.96. The molecule has 2 aromatic carbocycles. The summed E-state index contributed by atoms with van der Waals surface area (Å²) in [6, 6.07) is 13.2. The molecule has 2 N–H and O–H groups in total. The van der Waals surface area contributed by atoms with E-state index in [4.69, 9.17) is 16.7 Å². The van der Waals surface area contributed by atoms with E-state index in [1.165, 1.54) is 0 Å². The maximum Gasteiger partial charge on any atom is 0.328 e. The molecule has 0 unspecified atom stereocenters. The van der Waals surface area contributed by atoms with Crippen LogP contribution in [0, 0.1) is 6.92 Å². The second kappa shape index (κ2) is 6.26. The predicted octanol–water partition coefficient (Wildman–Crippen LogP) is 4.49. The summed E-state index contributed by atoms with van der Waals surface area (Å²) < 4.78 is 0. The van der Waals surface area contributed by atoms with Gasteiger partial charge in [0.25, 0.3) is 0 Å². The van der Waals surface area contributed by atoms with Crippen molar-refractivity contribution in [2.24, 2.45) is 0 Å². The van der Waals surface area contributed by atoms with Crippen LogP contribution in [-0.2, 0) is 4.79 Å². The van der Waals surface area contributed by atoms with Crippen LogP contribution < -0.4 is 5.32 Å². The quantitative estimate of drug-likeness (QED) is 0.815. The number of hydrogen-bond donors (Lipinski definition) is 2. The molecule has 0 aromatic heterocycles. The van der Waals surface area contributed by atoms with Crippen molar-refractivity contribution in [1.82, 2.24) is 0 Å². The number of halogens is 1. The van der Waals surface area contributed by atoms with Crippen LogP contribution in [0.5, 0.6) is 0 Å². The zero-order chi connectivity index (χ0) is 14.5. The number of benzene rings is 2. The average Bonchev–Trinajstić information content (AvgIpc) is 2.39. The number of rotatable bonds is 4. The van der Waals surface area contributed by atoms with E-state index in [-0.39, 0.29) is 0 Å². The van der Waals surface area contributed by atoms with E-state index in [0.717, 1.165) is 28.6 Å². The second-order valence-electron chi connectivity index (χ2n) is 4.40. The second-order valence-corrected chi connectivity index (χ2v) is 4.83. The van der Waals surface area contributed by atoms with Crippen LogP contribution in [0.4, 0.5) is 11.4 Å². The lowest BCUT2D eigenvalue weighted by atomic mass is 10.1. The minimum atomic E-state index is -0.972. The molecule has 0 saturated heterocycles. The standard InChI is InChI=1S/C16H14ClNO2/c1-11-5-7-15(12(9-11)6-8-16(19)20)18-14-4-2-3-13(17)10-14/h2-10,18H,1H3,(H,19,20)/b8-6+. The van der Waals surface area contributed by atoms with Crippen molar-refractivity contribution in [1.29, 1.82) is 0 Å². The number of nitrogens with one attached hydrogen (secondary N) is 1. The van der Waals surface area contributed by atoms with E-state index in [0.29, 0.717) is 5.02 Å². The van der Waals surface area contributed by atoms with Gasteiger partial charge in [-0.2, -0.15) is 0 Å². The van der Waals surface area contributed by atoms with Crippen LogP contribution in [0.25, 0.3) is 6.08 Å². The number of anilines is 2. The molecule has 0 saturated carbocycles. The first kappa shape index (κ1) is 14.2. The molecule has 0 heterocycles. The van der Waals surface area contributed by atoms with Crippen LogP contribution in [0.2, 0.25) is 5.02 Å². The first-order valence-electron chi connectivity index (χ1n) is 6.09. The highest BCUT2D eigenvalue weighted by Gasteiger charge is 2.02. The zero-order valence-corrected chi connectivity index (χ0v) is 11.7. The van der Waals surface area contributed by atoms with Crippen molar-refractivity contribution in [2.45, 2.75) is 6.92 Å². The molecule has 0 spiro atoms. The Morgan fingerprint density at radius 1 is 1.25 bits per heavy atom. The average molecular weight is 288 g/mol. The molecule has 0 aliphatic carbocycles. The Labute approximate surface area is 122 Å². The van der Waals surface area contributed by atoms with Gasteiger partial charge in [0.2, 0.25) is 0 Å². The lowest BCUT2D eigenvalue weighted by Gasteiger charge is -2.11. The number of carbonyl (C=O) groups is 1. The Balaban J connectivity index is 2.33. The van der Waals surface area contributed by atoms with Crippen molar-refractivity contribution in [3.63, 3.8) is 0 Å². The van der Waals surface area contributed by atoms with Gasteiger partial charge in [0.1, 0.15) is 0 Å². The van der Waals surface area contributed by atoms with E-state index in [1.807, 2.05) is 43.3 Å². The Hall–Kier alpha value is -2.26. The molecule has 0 atom stereocenters. The van der Waals surface area contributed by atoms with Gasteiger partial charge in [0, 0.05) is 22.5 Å². The molecular weight excluding hydrogens is 274 g/mol. The van der Waals surface area contributed by atoms with Crippen LogP contribution in [-0.4, -0.2) is 11.1 Å². The third kappa shape index (κ3) is 3.87. The van der Waals surface area contributed by atoms with Gasteiger partial charge in [-0.3, -0.25) is 0 Å². The van der Waals surface area contributed by atoms with E-state index in [1.54, 1.807) is 12.1 Å². The van der Waals surface area contributed by atoms with Crippen LogP contribution in [0.3, 0.4) is 0 Å². The third-order valence-corrected chi connectivity index (χ3v) is 2.95. The lowest BCUT2D eigenvalue weighted by Crippen LogP contribution is -1.94. The number of aliphatic carboxylic acids is 1. The molecule has 2 rings (SSSR count). The third-order valence-electron chi connectivity index (χ3n) is 2.72. The fraction of sp³-hybridized carbons (Fsp3) is 0.0625. The first-order chi connectivity index (χ1) is 9.54. The monoisotopic (exact) mass is 287 g/mol. The van der Waals surface area contributed by atoms with Gasteiger partial charge in [0.05, 0.1) is 0 Å². The molecule has 20 heavy (non-hydrogen) atoms. The molecule has 0 fully saturated rings. The largest absolute Gasteiger partial charge is 0.478 e. The SMILES string of the molecule is Cc1ccc(Nc2cccc(Cl)c2)c(/C=C/C(=O)O)c1. The summed E-state index contributed by atoms with van der Waals surface area (Å²) in [4.78, 5) is 10.6. The van der Waals surface area contributed by atoms with E-state index in [2.05, 4.69) is 5.32 Å². The number of carboxylic acids is 1. The minimum absolute atomic E-state index is 0.643. The van der Waals surface area contributed by atoms with E-state index < -0.39 is 5.97 Å². The van der Waals surface area contributed by atoms with Crippen molar-refractivity contribution >= 4 is 35.0 Å². The van der Waals surface area contributed by atoms with Gasteiger partial charge >= 0.3 is 5.97 Å². The Morgan fingerprint density at radius 2 is 2.05 bits per heavy atom. The summed E-state index contributed by atoms with van der Waals surface area (Å²) >= 11 is 5.95. The summed E-state index contributed by atoms with van der Waals surface area (Å²) in [5.41, 5.74) is 3.56. The maximum atomic E-state index is 10.6. The van der Waals surface area contributed by atoms with Crippen LogP contribution >= 0.6 is 11.6 Å². The number of hydrogen-bond acceptors (Lipinski definition) is 2. The van der Waals surface area contributed by atoms with Gasteiger partial charge in [-0.25, -0.2) is 4.79 Å². The molecule has 0 aliphatic rings. The normalized spacial score (nSPS) is 10.7. The number of aryl methyl sites for hydroxylation is 1. The van der Waals surface area contributed by atoms with Crippen LogP contribution in [0.1, 0.15) is 11.1 Å². The van der Waals surface area contributed by atoms with E-state index in [9.17, 15) is 4.79 Å². The van der Waals surface area contributed by atoms with Gasteiger partial charge in [0.15, 0.2) is 0 Å². The van der Waals surface area contributed by atoms with E-state index >= 15 is 0 Å². The molecule has 0 amide bonds. The van der Waals surface area contributed by atoms with Crippen molar-refractivity contribution < 1.29 is 9.90 Å². The Bertz CT molecular complexity index is 665. The van der Waals surface area contributed by atoms with Crippen LogP contribution in [0.15, 0.2) is 48.5 Å². The van der Waals surface area contributed by atoms with Gasteiger partial charge in [-0.15, -0.1) is 0 Å². The highest BCUT2D eigenvalue weighted by atomic mass is 35.5. The summed E-state index contributed by atoms with van der Waals surface area (Å²) in [5.74, 6) is -0.972. The van der Waals surface area contributed by atoms with Gasteiger partial charge < -0.3 is 10.4 Å². The maximum absolute atomic E-state index is 10.6. The van der Waals surface area contributed by atoms with Gasteiger partial charge in [-0.1, -0.05) is 29.3 Å². The highest BCUT2D eigenvalue weighted by Crippen LogP contribution is 2.25. The minimum Gasteiger partial charge on any atom is -0.478 e. The number of carboxylic acid groups (broad SMARTS) is 1.